The Labute approximate surface area is 128 Å². The minimum absolute atomic E-state index is 0.0779. The molecule has 2 unspecified atom stereocenters. The number of amides is 1. The summed E-state index contributed by atoms with van der Waals surface area (Å²) in [6, 6.07) is 10.0. The molecule has 21 heavy (non-hydrogen) atoms. The Balaban J connectivity index is 2.16. The van der Waals surface area contributed by atoms with E-state index in [1.807, 2.05) is 37.3 Å². The fourth-order valence-corrected chi connectivity index (χ4v) is 3.39. The van der Waals surface area contributed by atoms with Crippen LogP contribution in [0.25, 0.3) is 0 Å². The molecule has 3 heteroatoms. The molecule has 0 aliphatic heterocycles. The average molecular weight is 288 g/mol. The summed E-state index contributed by atoms with van der Waals surface area (Å²) in [7, 11) is 0. The molecule has 1 saturated carbocycles. The highest BCUT2D eigenvalue weighted by Gasteiger charge is 2.39. The van der Waals surface area contributed by atoms with E-state index in [1.165, 1.54) is 6.42 Å². The van der Waals surface area contributed by atoms with Gasteiger partial charge in [0.1, 0.15) is 0 Å². The molecule has 1 fully saturated rings. The number of nitrogens with one attached hydrogen (secondary N) is 1. The molecule has 3 nitrogen and oxygen atoms in total. The molecule has 0 aromatic heterocycles. The lowest BCUT2D eigenvalue weighted by molar-refractivity contribution is -0.132. The highest BCUT2D eigenvalue weighted by Crippen LogP contribution is 2.41. The number of carbonyl (C=O) groups is 1. The van der Waals surface area contributed by atoms with E-state index in [-0.39, 0.29) is 17.2 Å². The predicted molar refractivity (Wildman–Crippen MR) is 86.7 cm³/mol. The van der Waals surface area contributed by atoms with Crippen LogP contribution < -0.4 is 11.1 Å². The summed E-state index contributed by atoms with van der Waals surface area (Å²) in [5, 5.41) is 3.22. The van der Waals surface area contributed by atoms with Gasteiger partial charge < -0.3 is 11.1 Å². The van der Waals surface area contributed by atoms with Crippen LogP contribution in [0.4, 0.5) is 0 Å². The van der Waals surface area contributed by atoms with E-state index in [4.69, 9.17) is 5.73 Å². The molecule has 2 rings (SSSR count). The molecule has 0 radical (unpaired) electrons. The third-order valence-electron chi connectivity index (χ3n) is 5.04. The van der Waals surface area contributed by atoms with Gasteiger partial charge in [-0.1, -0.05) is 57.0 Å². The van der Waals surface area contributed by atoms with E-state index in [2.05, 4.69) is 19.2 Å². The molecule has 3 N–H and O–H groups in total. The lowest BCUT2D eigenvalue weighted by Crippen LogP contribution is -2.53. The predicted octanol–water partition coefficient (Wildman–Crippen LogP) is 3.19. The van der Waals surface area contributed by atoms with Crippen LogP contribution in [0.5, 0.6) is 0 Å². The summed E-state index contributed by atoms with van der Waals surface area (Å²) in [5.74, 6) is 0.234. The molecule has 1 aromatic carbocycles. The zero-order valence-corrected chi connectivity index (χ0v) is 13.5. The number of nitrogens with two attached hydrogens (primary N) is 1. The number of benzene rings is 1. The van der Waals surface area contributed by atoms with Gasteiger partial charge in [0.25, 0.3) is 0 Å². The third-order valence-corrected chi connectivity index (χ3v) is 5.04. The maximum Gasteiger partial charge on any atom is 0.224 e. The van der Waals surface area contributed by atoms with Crippen LogP contribution in [0.15, 0.2) is 30.3 Å². The van der Waals surface area contributed by atoms with Crippen LogP contribution in [-0.2, 0) is 10.3 Å². The zero-order chi connectivity index (χ0) is 15.5. The van der Waals surface area contributed by atoms with Crippen LogP contribution in [0.1, 0.15) is 52.0 Å². The maximum atomic E-state index is 12.8. The van der Waals surface area contributed by atoms with Gasteiger partial charge in [-0.15, -0.1) is 0 Å². The highest BCUT2D eigenvalue weighted by molar-refractivity contribution is 5.80. The molecule has 1 amide bonds. The summed E-state index contributed by atoms with van der Waals surface area (Å²) < 4.78 is 0. The Hall–Kier alpha value is -1.35. The quantitative estimate of drug-likeness (QED) is 0.894. The fraction of sp³-hybridized carbons (Fsp3) is 0.611. The van der Waals surface area contributed by atoms with E-state index in [1.54, 1.807) is 0 Å². The standard InChI is InChI=1S/C18H28N2O/c1-17(2)12-8-7-11-15(17)16(21)20-18(3,13-19)14-9-5-4-6-10-14/h4-6,9-10,15H,7-8,11-13,19H2,1-3H3,(H,20,21). The average Bonchev–Trinajstić information content (AvgIpc) is 2.47. The lowest BCUT2D eigenvalue weighted by Gasteiger charge is -2.40. The van der Waals surface area contributed by atoms with Crippen molar-refractivity contribution in [3.63, 3.8) is 0 Å². The summed E-state index contributed by atoms with van der Waals surface area (Å²) >= 11 is 0. The minimum atomic E-state index is -0.494. The normalized spacial score (nSPS) is 24.1. The van der Waals surface area contributed by atoms with Crippen molar-refractivity contribution in [1.82, 2.24) is 5.32 Å². The number of carbonyl (C=O) groups excluding carboxylic acids is 1. The van der Waals surface area contributed by atoms with Gasteiger partial charge in [-0.2, -0.15) is 0 Å². The van der Waals surface area contributed by atoms with Crippen LogP contribution in [-0.4, -0.2) is 12.5 Å². The monoisotopic (exact) mass is 288 g/mol. The lowest BCUT2D eigenvalue weighted by atomic mass is 9.68. The molecule has 0 saturated heterocycles. The Morgan fingerprint density at radius 1 is 1.33 bits per heavy atom. The van der Waals surface area contributed by atoms with Gasteiger partial charge in [0.15, 0.2) is 0 Å². The molecule has 0 heterocycles. The summed E-state index contributed by atoms with van der Waals surface area (Å²) in [4.78, 5) is 12.8. The van der Waals surface area contributed by atoms with E-state index in [0.29, 0.717) is 6.54 Å². The van der Waals surface area contributed by atoms with Crippen LogP contribution in [0, 0.1) is 11.3 Å². The van der Waals surface area contributed by atoms with Gasteiger partial charge in [-0.25, -0.2) is 0 Å². The second kappa shape index (κ2) is 6.18. The van der Waals surface area contributed by atoms with Gasteiger partial charge in [0.05, 0.1) is 5.54 Å². The van der Waals surface area contributed by atoms with Gasteiger partial charge in [-0.05, 0) is 30.7 Å². The topological polar surface area (TPSA) is 55.1 Å². The molecular formula is C18H28N2O. The molecule has 0 spiro atoms. The first-order chi connectivity index (χ1) is 9.89. The smallest absolute Gasteiger partial charge is 0.224 e. The largest absolute Gasteiger partial charge is 0.345 e. The van der Waals surface area contributed by atoms with Crippen molar-refractivity contribution >= 4 is 5.91 Å². The van der Waals surface area contributed by atoms with Crippen molar-refractivity contribution in [2.45, 2.75) is 52.0 Å². The minimum Gasteiger partial charge on any atom is -0.345 e. The number of hydrogen-bond donors (Lipinski definition) is 2. The first-order valence-electron chi connectivity index (χ1n) is 7.97. The van der Waals surface area contributed by atoms with E-state index in [9.17, 15) is 4.79 Å². The van der Waals surface area contributed by atoms with Gasteiger partial charge in [-0.3, -0.25) is 4.79 Å². The third kappa shape index (κ3) is 3.46. The molecular weight excluding hydrogens is 260 g/mol. The van der Waals surface area contributed by atoms with E-state index < -0.39 is 5.54 Å². The number of rotatable bonds is 4. The van der Waals surface area contributed by atoms with Crippen molar-refractivity contribution in [2.75, 3.05) is 6.54 Å². The maximum absolute atomic E-state index is 12.8. The Morgan fingerprint density at radius 2 is 2.00 bits per heavy atom. The molecule has 1 aliphatic carbocycles. The molecule has 1 aromatic rings. The van der Waals surface area contributed by atoms with Crippen LogP contribution in [0.2, 0.25) is 0 Å². The first-order valence-corrected chi connectivity index (χ1v) is 7.97. The summed E-state index contributed by atoms with van der Waals surface area (Å²) in [5.41, 5.74) is 6.62. The summed E-state index contributed by atoms with van der Waals surface area (Å²) in [6.45, 7) is 6.82. The molecule has 2 atom stereocenters. The highest BCUT2D eigenvalue weighted by atomic mass is 16.2. The van der Waals surface area contributed by atoms with Crippen molar-refractivity contribution in [1.29, 1.82) is 0 Å². The molecule has 116 valence electrons. The van der Waals surface area contributed by atoms with E-state index in [0.717, 1.165) is 24.8 Å². The SMILES string of the molecule is CC(CN)(NC(=O)C1CCCCC1(C)C)c1ccccc1. The Kier molecular flexibility index (Phi) is 4.72. The van der Waals surface area contributed by atoms with Gasteiger partial charge in [0.2, 0.25) is 5.91 Å². The zero-order valence-electron chi connectivity index (χ0n) is 13.5. The van der Waals surface area contributed by atoms with Crippen molar-refractivity contribution in [3.8, 4) is 0 Å². The Morgan fingerprint density at radius 3 is 2.57 bits per heavy atom. The van der Waals surface area contributed by atoms with Crippen LogP contribution in [0.3, 0.4) is 0 Å². The van der Waals surface area contributed by atoms with Crippen molar-refractivity contribution in [3.05, 3.63) is 35.9 Å². The van der Waals surface area contributed by atoms with E-state index >= 15 is 0 Å². The second-order valence-corrected chi connectivity index (χ2v) is 7.18. The Bertz CT molecular complexity index is 483. The van der Waals surface area contributed by atoms with Crippen molar-refractivity contribution in [2.24, 2.45) is 17.1 Å². The molecule has 0 bridgehead atoms. The summed E-state index contributed by atoms with van der Waals surface area (Å²) in [6.07, 6.45) is 4.47. The van der Waals surface area contributed by atoms with Crippen LogP contribution >= 0.6 is 0 Å². The van der Waals surface area contributed by atoms with Crippen molar-refractivity contribution < 1.29 is 4.79 Å². The molecule has 1 aliphatic rings. The first kappa shape index (κ1) is 16.0. The number of hydrogen-bond acceptors (Lipinski definition) is 2. The fourth-order valence-electron chi connectivity index (χ4n) is 3.39. The van der Waals surface area contributed by atoms with Gasteiger partial charge in [0, 0.05) is 12.5 Å². The second-order valence-electron chi connectivity index (χ2n) is 7.18. The van der Waals surface area contributed by atoms with Gasteiger partial charge >= 0.3 is 0 Å².